The quantitative estimate of drug-likeness (QED) is 0.361. The zero-order valence-corrected chi connectivity index (χ0v) is 17.2. The summed E-state index contributed by atoms with van der Waals surface area (Å²) in [6.07, 6.45) is -4.73. The van der Waals surface area contributed by atoms with Crippen LogP contribution in [0, 0.1) is 0 Å². The summed E-state index contributed by atoms with van der Waals surface area (Å²) in [7, 11) is 3.17. The lowest BCUT2D eigenvalue weighted by molar-refractivity contribution is -0.274. The Morgan fingerprint density at radius 2 is 1.74 bits per heavy atom. The summed E-state index contributed by atoms with van der Waals surface area (Å²) in [5.74, 6) is 0.954. The van der Waals surface area contributed by atoms with Gasteiger partial charge >= 0.3 is 6.36 Å². The Kier molecular flexibility index (Phi) is 9.19. The van der Waals surface area contributed by atoms with Crippen molar-refractivity contribution in [2.75, 3.05) is 14.2 Å². The van der Waals surface area contributed by atoms with E-state index in [0.29, 0.717) is 18.1 Å². The van der Waals surface area contributed by atoms with E-state index >= 15 is 0 Å². The van der Waals surface area contributed by atoms with E-state index in [1.807, 2.05) is 24.3 Å². The molecule has 0 unspecified atom stereocenters. The molecule has 9 heteroatoms. The third-order valence-electron chi connectivity index (χ3n) is 3.46. The van der Waals surface area contributed by atoms with Gasteiger partial charge in [0.25, 0.3) is 0 Å². The highest BCUT2D eigenvalue weighted by Gasteiger charge is 2.31. The number of rotatable bonds is 6. The number of hydrogen-bond donors (Lipinski definition) is 2. The first-order valence-electron chi connectivity index (χ1n) is 7.82. The number of methoxy groups -OCH3 is 1. The van der Waals surface area contributed by atoms with Gasteiger partial charge in [0.1, 0.15) is 11.5 Å². The minimum absolute atomic E-state index is 0. The molecule has 2 rings (SSSR count). The van der Waals surface area contributed by atoms with E-state index in [4.69, 9.17) is 4.74 Å². The Bertz CT molecular complexity index is 755. The fourth-order valence-corrected chi connectivity index (χ4v) is 2.24. The average Bonchev–Trinajstić information content (AvgIpc) is 2.62. The Hall–Kier alpha value is -2.17. The molecular formula is C18H21F3IN3O2. The number of benzene rings is 2. The van der Waals surface area contributed by atoms with Crippen LogP contribution in [0.2, 0.25) is 0 Å². The Morgan fingerprint density at radius 3 is 2.41 bits per heavy atom. The van der Waals surface area contributed by atoms with Crippen LogP contribution in [0.15, 0.2) is 53.5 Å². The first-order chi connectivity index (χ1) is 12.4. The van der Waals surface area contributed by atoms with Gasteiger partial charge in [0, 0.05) is 25.7 Å². The van der Waals surface area contributed by atoms with Crippen molar-refractivity contribution in [1.29, 1.82) is 0 Å². The number of nitrogens with zero attached hydrogens (tertiary/aromatic N) is 1. The van der Waals surface area contributed by atoms with E-state index in [1.165, 1.54) is 12.1 Å². The second kappa shape index (κ2) is 10.9. The molecule has 0 fully saturated rings. The molecule has 0 bridgehead atoms. The third kappa shape index (κ3) is 7.94. The predicted octanol–water partition coefficient (Wildman–Crippen LogP) is 4.08. The van der Waals surface area contributed by atoms with Gasteiger partial charge in [-0.2, -0.15) is 0 Å². The van der Waals surface area contributed by atoms with Crippen LogP contribution in [0.5, 0.6) is 11.5 Å². The van der Waals surface area contributed by atoms with Crippen molar-refractivity contribution in [3.8, 4) is 11.5 Å². The first-order valence-corrected chi connectivity index (χ1v) is 7.82. The van der Waals surface area contributed by atoms with E-state index in [9.17, 15) is 13.2 Å². The maximum absolute atomic E-state index is 12.5. The van der Waals surface area contributed by atoms with Crippen LogP contribution in [-0.2, 0) is 13.1 Å². The van der Waals surface area contributed by atoms with Gasteiger partial charge in [-0.15, -0.1) is 37.1 Å². The molecule has 0 aromatic heterocycles. The molecule has 0 atom stereocenters. The van der Waals surface area contributed by atoms with Crippen LogP contribution in [0.3, 0.4) is 0 Å². The van der Waals surface area contributed by atoms with Gasteiger partial charge in [-0.25, -0.2) is 0 Å². The summed E-state index contributed by atoms with van der Waals surface area (Å²) in [5.41, 5.74) is 1.35. The Morgan fingerprint density at radius 1 is 1.04 bits per heavy atom. The van der Waals surface area contributed by atoms with Gasteiger partial charge in [-0.1, -0.05) is 30.3 Å². The molecule has 0 spiro atoms. The number of guanidine groups is 1. The van der Waals surface area contributed by atoms with Crippen molar-refractivity contribution in [2.45, 2.75) is 19.5 Å². The number of hydrogen-bond acceptors (Lipinski definition) is 3. The molecule has 0 aliphatic carbocycles. The van der Waals surface area contributed by atoms with Gasteiger partial charge in [0.15, 0.2) is 5.96 Å². The molecule has 0 amide bonds. The molecular weight excluding hydrogens is 474 g/mol. The third-order valence-corrected chi connectivity index (χ3v) is 3.46. The molecule has 0 aliphatic rings. The van der Waals surface area contributed by atoms with Crippen LogP contribution >= 0.6 is 24.0 Å². The summed E-state index contributed by atoms with van der Waals surface area (Å²) in [5, 5.41) is 6.07. The van der Waals surface area contributed by atoms with Gasteiger partial charge in [-0.3, -0.25) is 4.99 Å². The number of alkyl halides is 3. The minimum Gasteiger partial charge on any atom is -0.497 e. The second-order valence-electron chi connectivity index (χ2n) is 5.29. The van der Waals surface area contributed by atoms with E-state index in [-0.39, 0.29) is 36.3 Å². The summed E-state index contributed by atoms with van der Waals surface area (Å²) in [4.78, 5) is 4.07. The topological polar surface area (TPSA) is 54.9 Å². The lowest BCUT2D eigenvalue weighted by atomic mass is 10.2. The maximum Gasteiger partial charge on any atom is 0.573 e. The first kappa shape index (κ1) is 22.9. The van der Waals surface area contributed by atoms with Crippen LogP contribution in [0.1, 0.15) is 11.1 Å². The van der Waals surface area contributed by atoms with Crippen LogP contribution < -0.4 is 20.1 Å². The van der Waals surface area contributed by atoms with Crippen LogP contribution in [-0.4, -0.2) is 26.5 Å². The average molecular weight is 495 g/mol. The van der Waals surface area contributed by atoms with Crippen molar-refractivity contribution in [3.63, 3.8) is 0 Å². The monoisotopic (exact) mass is 495 g/mol. The normalized spacial score (nSPS) is 11.4. The highest BCUT2D eigenvalue weighted by atomic mass is 127. The smallest absolute Gasteiger partial charge is 0.497 e. The van der Waals surface area contributed by atoms with E-state index in [0.717, 1.165) is 11.3 Å². The summed E-state index contributed by atoms with van der Waals surface area (Å²) < 4.78 is 46.6. The molecule has 0 radical (unpaired) electrons. The standard InChI is InChI=1S/C18H20F3N3O2.HI/c1-22-17(23-11-13-6-5-8-15(10-13)25-2)24-12-14-7-3-4-9-16(14)26-18(19,20)21;/h3-10H,11-12H2,1-2H3,(H2,22,23,24);1H. The molecule has 0 saturated heterocycles. The second-order valence-corrected chi connectivity index (χ2v) is 5.29. The van der Waals surface area contributed by atoms with Crippen molar-refractivity contribution < 1.29 is 22.6 Å². The highest BCUT2D eigenvalue weighted by molar-refractivity contribution is 14.0. The molecule has 2 aromatic rings. The predicted molar refractivity (Wildman–Crippen MR) is 109 cm³/mol. The largest absolute Gasteiger partial charge is 0.573 e. The van der Waals surface area contributed by atoms with Gasteiger partial charge in [-0.05, 0) is 23.8 Å². The zero-order valence-electron chi connectivity index (χ0n) is 14.8. The van der Waals surface area contributed by atoms with E-state index in [1.54, 1.807) is 26.3 Å². The van der Waals surface area contributed by atoms with Gasteiger partial charge in [0.2, 0.25) is 0 Å². The fraction of sp³-hybridized carbons (Fsp3) is 0.278. The number of nitrogens with one attached hydrogen (secondary N) is 2. The summed E-state index contributed by atoms with van der Waals surface area (Å²) in [6.45, 7) is 0.613. The van der Waals surface area contributed by atoms with Crippen LogP contribution in [0.25, 0.3) is 0 Å². The molecule has 2 aromatic carbocycles. The lowest BCUT2D eigenvalue weighted by Crippen LogP contribution is -2.36. The lowest BCUT2D eigenvalue weighted by Gasteiger charge is -2.15. The van der Waals surface area contributed by atoms with Crippen molar-refractivity contribution >= 4 is 29.9 Å². The highest BCUT2D eigenvalue weighted by Crippen LogP contribution is 2.26. The maximum atomic E-state index is 12.5. The number of halogens is 4. The van der Waals surface area contributed by atoms with Crippen molar-refractivity contribution in [2.24, 2.45) is 4.99 Å². The minimum atomic E-state index is -4.73. The molecule has 27 heavy (non-hydrogen) atoms. The fourth-order valence-electron chi connectivity index (χ4n) is 2.24. The molecule has 0 saturated carbocycles. The summed E-state index contributed by atoms with van der Waals surface area (Å²) >= 11 is 0. The molecule has 0 heterocycles. The molecule has 2 N–H and O–H groups in total. The van der Waals surface area contributed by atoms with Crippen molar-refractivity contribution in [1.82, 2.24) is 10.6 Å². The number of aliphatic imine (C=N–C) groups is 1. The van der Waals surface area contributed by atoms with Gasteiger partial charge < -0.3 is 20.1 Å². The summed E-state index contributed by atoms with van der Waals surface area (Å²) in [6, 6.07) is 13.5. The molecule has 148 valence electrons. The van der Waals surface area contributed by atoms with Crippen molar-refractivity contribution in [3.05, 3.63) is 59.7 Å². The molecule has 5 nitrogen and oxygen atoms in total. The number of para-hydroxylation sites is 1. The number of ether oxygens (including phenoxy) is 2. The molecule has 0 aliphatic heterocycles. The van der Waals surface area contributed by atoms with E-state index < -0.39 is 6.36 Å². The zero-order chi connectivity index (χ0) is 19.0. The Labute approximate surface area is 173 Å². The van der Waals surface area contributed by atoms with Crippen LogP contribution in [0.4, 0.5) is 13.2 Å². The van der Waals surface area contributed by atoms with Gasteiger partial charge in [0.05, 0.1) is 7.11 Å². The Balaban J connectivity index is 0.00000364. The SMILES string of the molecule is CN=C(NCc1cccc(OC)c1)NCc1ccccc1OC(F)(F)F.I. The van der Waals surface area contributed by atoms with E-state index in [2.05, 4.69) is 20.4 Å².